The fraction of sp³-hybridized carbons (Fsp3) is 0.433. The number of fused-ring (bicyclic) bond motifs is 1. The number of aryl methyl sites for hydroxylation is 1. The Hall–Kier alpha value is -4.05. The molecular formula is C30H36N6O4. The molecule has 4 heterocycles. The van der Waals surface area contributed by atoms with Gasteiger partial charge < -0.3 is 25.8 Å². The zero-order valence-electron chi connectivity index (χ0n) is 23.0. The molecule has 5 rings (SSSR count). The molecule has 2 aromatic heterocycles. The third-order valence-electron chi connectivity index (χ3n) is 8.06. The van der Waals surface area contributed by atoms with Crippen molar-refractivity contribution in [3.63, 3.8) is 0 Å². The summed E-state index contributed by atoms with van der Waals surface area (Å²) >= 11 is 0. The quantitative estimate of drug-likeness (QED) is 0.222. The van der Waals surface area contributed by atoms with Gasteiger partial charge in [0.15, 0.2) is 5.78 Å². The molecule has 0 aliphatic carbocycles. The lowest BCUT2D eigenvalue weighted by Gasteiger charge is -2.38. The van der Waals surface area contributed by atoms with Crippen molar-refractivity contribution in [1.82, 2.24) is 20.3 Å². The second-order valence-corrected chi connectivity index (χ2v) is 10.3. The number of rotatable bonds is 10. The SMILES string of the molecule is CCc1c(NCC(C(=O)O)C(=O)c2ccc(OC)cc2)ncnc1C1(c2ccc3c(n2)NCCC3)CCNCC1. The van der Waals surface area contributed by atoms with E-state index in [0.717, 1.165) is 68.1 Å². The topological polar surface area (TPSA) is 138 Å². The Balaban J connectivity index is 1.46. The summed E-state index contributed by atoms with van der Waals surface area (Å²) in [6.07, 6.45) is 5.94. The van der Waals surface area contributed by atoms with Crippen molar-refractivity contribution in [2.45, 2.75) is 44.4 Å². The summed E-state index contributed by atoms with van der Waals surface area (Å²) in [5, 5.41) is 20.0. The number of ketones is 1. The van der Waals surface area contributed by atoms with E-state index in [1.807, 2.05) is 6.92 Å². The molecule has 0 spiro atoms. The molecule has 4 N–H and O–H groups in total. The van der Waals surface area contributed by atoms with Gasteiger partial charge in [-0.1, -0.05) is 13.0 Å². The number of aliphatic carboxylic acids is 1. The van der Waals surface area contributed by atoms with Crippen LogP contribution < -0.4 is 20.7 Å². The highest BCUT2D eigenvalue weighted by atomic mass is 16.5. The first-order valence-corrected chi connectivity index (χ1v) is 13.9. The van der Waals surface area contributed by atoms with Crippen molar-refractivity contribution in [3.05, 3.63) is 70.8 Å². The number of Topliss-reactive ketones (excluding diaryl/α,β-unsaturated/α-hetero) is 1. The van der Waals surface area contributed by atoms with Crippen molar-refractivity contribution in [3.8, 4) is 5.75 Å². The minimum atomic E-state index is -1.28. The first-order chi connectivity index (χ1) is 19.5. The number of carboxylic acid groups (broad SMARTS) is 1. The number of hydrogen-bond donors (Lipinski definition) is 4. The summed E-state index contributed by atoms with van der Waals surface area (Å²) in [6.45, 7) is 4.53. The Bertz CT molecular complexity index is 1370. The largest absolute Gasteiger partial charge is 0.497 e. The van der Waals surface area contributed by atoms with Crippen LogP contribution >= 0.6 is 0 Å². The van der Waals surface area contributed by atoms with E-state index in [0.29, 0.717) is 23.6 Å². The molecule has 1 aromatic carbocycles. The molecule has 0 amide bonds. The van der Waals surface area contributed by atoms with Crippen LogP contribution in [0.2, 0.25) is 0 Å². The summed E-state index contributed by atoms with van der Waals surface area (Å²) in [6, 6.07) is 10.8. The molecule has 1 saturated heterocycles. The average Bonchev–Trinajstić information content (AvgIpc) is 3.00. The average molecular weight is 545 g/mol. The molecule has 2 aliphatic heterocycles. The first-order valence-electron chi connectivity index (χ1n) is 13.9. The number of hydrogen-bond acceptors (Lipinski definition) is 9. The minimum Gasteiger partial charge on any atom is -0.497 e. The fourth-order valence-corrected chi connectivity index (χ4v) is 5.82. The summed E-state index contributed by atoms with van der Waals surface area (Å²) in [5.74, 6) is -0.850. The summed E-state index contributed by atoms with van der Waals surface area (Å²) in [5.41, 5.74) is 3.95. The molecule has 1 atom stereocenters. The molecule has 210 valence electrons. The van der Waals surface area contributed by atoms with Crippen LogP contribution in [-0.4, -0.2) is 65.1 Å². The van der Waals surface area contributed by atoms with Gasteiger partial charge in [-0.15, -0.1) is 0 Å². The van der Waals surface area contributed by atoms with Gasteiger partial charge in [-0.2, -0.15) is 0 Å². The third kappa shape index (κ3) is 5.36. The number of nitrogens with zero attached hydrogens (tertiary/aromatic N) is 3. The van der Waals surface area contributed by atoms with Crippen molar-refractivity contribution in [2.24, 2.45) is 5.92 Å². The lowest BCUT2D eigenvalue weighted by Crippen LogP contribution is -2.43. The molecule has 0 saturated carbocycles. The van der Waals surface area contributed by atoms with Crippen LogP contribution in [0.3, 0.4) is 0 Å². The maximum Gasteiger partial charge on any atom is 0.316 e. The number of ether oxygens (including phenoxy) is 1. The van der Waals surface area contributed by atoms with E-state index in [9.17, 15) is 14.7 Å². The lowest BCUT2D eigenvalue weighted by molar-refractivity contribution is -0.139. The number of aromatic nitrogens is 3. The van der Waals surface area contributed by atoms with Gasteiger partial charge >= 0.3 is 5.97 Å². The smallest absolute Gasteiger partial charge is 0.316 e. The molecule has 0 bridgehead atoms. The fourth-order valence-electron chi connectivity index (χ4n) is 5.82. The zero-order chi connectivity index (χ0) is 28.1. The van der Waals surface area contributed by atoms with E-state index >= 15 is 0 Å². The van der Waals surface area contributed by atoms with Gasteiger partial charge in [0.05, 0.1) is 23.9 Å². The molecule has 10 nitrogen and oxygen atoms in total. The second kappa shape index (κ2) is 12.0. The molecule has 10 heteroatoms. The molecular weight excluding hydrogens is 508 g/mol. The van der Waals surface area contributed by atoms with Crippen LogP contribution in [0.15, 0.2) is 42.7 Å². The van der Waals surface area contributed by atoms with E-state index < -0.39 is 23.1 Å². The first kappa shape index (κ1) is 27.5. The van der Waals surface area contributed by atoms with Gasteiger partial charge in [-0.05, 0) is 81.1 Å². The van der Waals surface area contributed by atoms with Crippen molar-refractivity contribution >= 4 is 23.4 Å². The third-order valence-corrected chi connectivity index (χ3v) is 8.06. The molecule has 1 unspecified atom stereocenters. The molecule has 2 aliphatic rings. The molecule has 3 aromatic rings. The summed E-state index contributed by atoms with van der Waals surface area (Å²) in [4.78, 5) is 39.7. The van der Waals surface area contributed by atoms with E-state index in [1.165, 1.54) is 19.0 Å². The second-order valence-electron chi connectivity index (χ2n) is 10.3. The van der Waals surface area contributed by atoms with Gasteiger partial charge in [-0.25, -0.2) is 15.0 Å². The van der Waals surface area contributed by atoms with Crippen molar-refractivity contribution in [2.75, 3.05) is 43.9 Å². The van der Waals surface area contributed by atoms with Crippen LogP contribution in [0, 0.1) is 5.92 Å². The van der Waals surface area contributed by atoms with E-state index in [-0.39, 0.29) is 6.54 Å². The van der Waals surface area contributed by atoms with Crippen molar-refractivity contribution in [1.29, 1.82) is 0 Å². The minimum absolute atomic E-state index is 0.0980. The molecule has 1 fully saturated rings. The Labute approximate surface area is 234 Å². The number of carbonyl (C=O) groups is 2. The van der Waals surface area contributed by atoms with Crippen LogP contribution in [0.1, 0.15) is 59.1 Å². The van der Waals surface area contributed by atoms with E-state index in [1.54, 1.807) is 24.3 Å². The Morgan fingerprint density at radius 3 is 2.58 bits per heavy atom. The number of nitrogens with one attached hydrogen (secondary N) is 3. The number of pyridine rings is 1. The lowest BCUT2D eigenvalue weighted by atomic mass is 9.71. The number of methoxy groups -OCH3 is 1. The number of anilines is 2. The van der Waals surface area contributed by atoms with Crippen molar-refractivity contribution < 1.29 is 19.4 Å². The normalized spacial score (nSPS) is 16.8. The Morgan fingerprint density at radius 1 is 1.10 bits per heavy atom. The number of piperidine rings is 1. The molecule has 0 radical (unpaired) electrons. The van der Waals surface area contributed by atoms with Gasteiger partial charge in [0, 0.05) is 24.2 Å². The monoisotopic (exact) mass is 544 g/mol. The highest BCUT2D eigenvalue weighted by Crippen LogP contribution is 2.42. The number of carbonyl (C=O) groups excluding carboxylic acids is 1. The highest BCUT2D eigenvalue weighted by Gasteiger charge is 2.41. The highest BCUT2D eigenvalue weighted by molar-refractivity contribution is 6.08. The van der Waals surface area contributed by atoms with Gasteiger partial charge in [0.2, 0.25) is 0 Å². The zero-order valence-corrected chi connectivity index (χ0v) is 23.0. The van der Waals surface area contributed by atoms with Crippen LogP contribution in [0.4, 0.5) is 11.6 Å². The molecule has 40 heavy (non-hydrogen) atoms. The van der Waals surface area contributed by atoms with Crippen LogP contribution in [0.25, 0.3) is 0 Å². The van der Waals surface area contributed by atoms with E-state index in [4.69, 9.17) is 14.7 Å². The number of benzene rings is 1. The predicted molar refractivity (Wildman–Crippen MR) is 152 cm³/mol. The standard InChI is InChI=1S/C30H36N6O4/c1-3-22-26(30(12-15-31-16-13-30)24-11-8-20-5-4-14-32-27(20)36-24)34-18-35-28(22)33-17-23(29(38)39)25(37)19-6-9-21(40-2)10-7-19/h6-11,18,23,31H,3-5,12-17H2,1-2H3,(H,32,36)(H,38,39)(H,33,34,35). The predicted octanol–water partition coefficient (Wildman–Crippen LogP) is 3.47. The van der Waals surface area contributed by atoms with Gasteiger partial charge in [-0.3, -0.25) is 9.59 Å². The van der Waals surface area contributed by atoms with Gasteiger partial charge in [0.1, 0.15) is 29.6 Å². The van der Waals surface area contributed by atoms with Crippen LogP contribution in [-0.2, 0) is 23.1 Å². The summed E-state index contributed by atoms with van der Waals surface area (Å²) < 4.78 is 5.15. The van der Waals surface area contributed by atoms with Crippen LogP contribution in [0.5, 0.6) is 5.75 Å². The maximum atomic E-state index is 13.1. The summed E-state index contributed by atoms with van der Waals surface area (Å²) in [7, 11) is 1.54. The Kier molecular flexibility index (Phi) is 8.25. The van der Waals surface area contributed by atoms with E-state index in [2.05, 4.69) is 33.1 Å². The van der Waals surface area contributed by atoms with Gasteiger partial charge in [0.25, 0.3) is 0 Å². The number of carboxylic acids is 1. The Morgan fingerprint density at radius 2 is 1.88 bits per heavy atom. The maximum absolute atomic E-state index is 13.1.